The van der Waals surface area contributed by atoms with Crippen LogP contribution in [0.3, 0.4) is 0 Å². The molecule has 0 aromatic heterocycles. The molecule has 34 heavy (non-hydrogen) atoms. The van der Waals surface area contributed by atoms with Crippen molar-refractivity contribution in [3.8, 4) is 0 Å². The Balaban J connectivity index is 1.09. The molecule has 2 aromatic rings. The Morgan fingerprint density at radius 2 is 1.88 bits per heavy atom. The Labute approximate surface area is 197 Å². The number of allylic oxidation sites excluding steroid dienone is 1. The zero-order chi connectivity index (χ0) is 23.8. The number of carbonyl (C=O) groups is 1. The lowest BCUT2D eigenvalue weighted by molar-refractivity contribution is -0.139. The van der Waals surface area contributed by atoms with Crippen LogP contribution in [0.1, 0.15) is 47.9 Å². The molecule has 3 aliphatic rings. The number of hydrogen-bond acceptors (Lipinski definition) is 3. The number of piperidine rings is 1. The molecule has 7 heteroatoms. The average molecular weight is 471 g/mol. The van der Waals surface area contributed by atoms with Gasteiger partial charge in [-0.05, 0) is 67.6 Å². The molecule has 1 spiro atoms. The number of alkyl halides is 3. The van der Waals surface area contributed by atoms with Crippen molar-refractivity contribution in [2.24, 2.45) is 0 Å². The van der Waals surface area contributed by atoms with Crippen molar-refractivity contribution in [2.45, 2.75) is 56.0 Å². The minimum absolute atomic E-state index is 0.0508. The second-order valence-corrected chi connectivity index (χ2v) is 9.58. The number of halogens is 3. The van der Waals surface area contributed by atoms with Crippen molar-refractivity contribution < 1.29 is 22.7 Å². The fraction of sp³-hybridized carbons (Fsp3) is 0.444. The molecule has 1 aliphatic carbocycles. The highest BCUT2D eigenvalue weighted by Gasteiger charge is 2.40. The fourth-order valence-corrected chi connectivity index (χ4v) is 5.55. The third-order valence-corrected chi connectivity index (χ3v) is 7.55. The summed E-state index contributed by atoms with van der Waals surface area (Å²) in [7, 11) is 0. The molecule has 180 valence electrons. The smallest absolute Gasteiger partial charge is 0.367 e. The third kappa shape index (κ3) is 4.64. The van der Waals surface area contributed by atoms with Gasteiger partial charge >= 0.3 is 6.18 Å². The minimum Gasteiger partial charge on any atom is -0.367 e. The first-order valence-corrected chi connectivity index (χ1v) is 11.9. The van der Waals surface area contributed by atoms with E-state index in [2.05, 4.69) is 46.6 Å². The average Bonchev–Trinajstić information content (AvgIpc) is 3.21. The van der Waals surface area contributed by atoms with E-state index in [9.17, 15) is 18.0 Å². The summed E-state index contributed by atoms with van der Waals surface area (Å²) >= 11 is 0. The Bertz CT molecular complexity index is 1070. The van der Waals surface area contributed by atoms with E-state index in [1.807, 2.05) is 0 Å². The molecular weight excluding hydrogens is 441 g/mol. The van der Waals surface area contributed by atoms with Gasteiger partial charge in [-0.15, -0.1) is 0 Å². The van der Waals surface area contributed by atoms with Gasteiger partial charge in [0.25, 0.3) is 0 Å². The quantitative estimate of drug-likeness (QED) is 0.689. The van der Waals surface area contributed by atoms with Gasteiger partial charge in [0, 0.05) is 18.0 Å². The molecular formula is C27H29F3N2O2. The summed E-state index contributed by atoms with van der Waals surface area (Å²) < 4.78 is 44.6. The third-order valence-electron chi connectivity index (χ3n) is 7.55. The van der Waals surface area contributed by atoms with Crippen molar-refractivity contribution in [1.82, 2.24) is 10.2 Å². The van der Waals surface area contributed by atoms with E-state index in [4.69, 9.17) is 4.74 Å². The van der Waals surface area contributed by atoms with Crippen LogP contribution < -0.4 is 5.32 Å². The van der Waals surface area contributed by atoms with Crippen LogP contribution in [-0.2, 0) is 27.7 Å². The summed E-state index contributed by atoms with van der Waals surface area (Å²) in [5.41, 5.74) is 2.62. The highest BCUT2D eigenvalue weighted by atomic mass is 19.4. The van der Waals surface area contributed by atoms with Gasteiger partial charge in [-0.3, -0.25) is 9.69 Å². The maximum atomic E-state index is 12.9. The number of nitrogens with one attached hydrogen (secondary N) is 1. The molecule has 2 aliphatic heterocycles. The summed E-state index contributed by atoms with van der Waals surface area (Å²) in [4.78, 5) is 15.0. The normalized spacial score (nSPS) is 24.2. The lowest BCUT2D eigenvalue weighted by Gasteiger charge is -2.44. The van der Waals surface area contributed by atoms with Gasteiger partial charge in [0.15, 0.2) is 0 Å². The zero-order valence-corrected chi connectivity index (χ0v) is 19.0. The molecule has 0 radical (unpaired) electrons. The number of hydrogen-bond donors (Lipinski definition) is 1. The summed E-state index contributed by atoms with van der Waals surface area (Å²) in [6.07, 6.45) is 3.32. The van der Waals surface area contributed by atoms with Crippen LogP contribution in [0.5, 0.6) is 0 Å². The van der Waals surface area contributed by atoms with Crippen molar-refractivity contribution in [3.05, 3.63) is 76.9 Å². The van der Waals surface area contributed by atoms with Gasteiger partial charge in [-0.1, -0.05) is 48.6 Å². The van der Waals surface area contributed by atoms with Crippen LogP contribution in [0.2, 0.25) is 0 Å². The predicted molar refractivity (Wildman–Crippen MR) is 124 cm³/mol. The van der Waals surface area contributed by atoms with E-state index in [1.54, 1.807) is 6.07 Å². The van der Waals surface area contributed by atoms with E-state index in [0.29, 0.717) is 24.6 Å². The second-order valence-electron chi connectivity index (χ2n) is 9.58. The highest BCUT2D eigenvalue weighted by Crippen LogP contribution is 2.44. The molecule has 2 heterocycles. The second kappa shape index (κ2) is 9.19. The number of nitrogens with zero attached hydrogens (tertiary/aromatic N) is 1. The first-order chi connectivity index (χ1) is 16.3. The van der Waals surface area contributed by atoms with Gasteiger partial charge in [-0.2, -0.15) is 13.2 Å². The van der Waals surface area contributed by atoms with Gasteiger partial charge in [0.05, 0.1) is 12.2 Å². The zero-order valence-electron chi connectivity index (χ0n) is 19.0. The number of ether oxygens (including phenoxy) is 1. The Morgan fingerprint density at radius 3 is 2.62 bits per heavy atom. The molecule has 4 nitrogen and oxygen atoms in total. The van der Waals surface area contributed by atoms with E-state index < -0.39 is 17.8 Å². The van der Waals surface area contributed by atoms with Crippen LogP contribution >= 0.6 is 0 Å². The van der Waals surface area contributed by atoms with Crippen molar-refractivity contribution in [1.29, 1.82) is 0 Å². The Kier molecular flexibility index (Phi) is 6.25. The summed E-state index contributed by atoms with van der Waals surface area (Å²) in [6.45, 7) is 2.55. The van der Waals surface area contributed by atoms with Gasteiger partial charge in [0.2, 0.25) is 5.91 Å². The largest absolute Gasteiger partial charge is 0.416 e. The van der Waals surface area contributed by atoms with Crippen LogP contribution in [0, 0.1) is 0 Å². The number of amides is 1. The molecule has 2 saturated heterocycles. The van der Waals surface area contributed by atoms with Crippen molar-refractivity contribution >= 4 is 12.0 Å². The van der Waals surface area contributed by atoms with Gasteiger partial charge in [-0.25, -0.2) is 0 Å². The SMILES string of the molecule is O=C(NCc1cccc(C(F)(F)F)c1)C1CCC(N2CCC3(C=Cc4ccccc43)CC2)CO1. The van der Waals surface area contributed by atoms with Crippen LogP contribution in [-0.4, -0.2) is 42.6 Å². The van der Waals surface area contributed by atoms with Crippen molar-refractivity contribution in [2.75, 3.05) is 19.7 Å². The van der Waals surface area contributed by atoms with Gasteiger partial charge < -0.3 is 10.1 Å². The first kappa shape index (κ1) is 23.1. The predicted octanol–water partition coefficient (Wildman–Crippen LogP) is 4.93. The minimum atomic E-state index is -4.40. The molecule has 2 unspecified atom stereocenters. The molecule has 2 aromatic carbocycles. The van der Waals surface area contributed by atoms with E-state index in [-0.39, 0.29) is 17.9 Å². The highest BCUT2D eigenvalue weighted by molar-refractivity contribution is 5.80. The van der Waals surface area contributed by atoms with Crippen LogP contribution in [0.25, 0.3) is 6.08 Å². The Hall–Kier alpha value is -2.64. The maximum absolute atomic E-state index is 12.9. The number of carbonyl (C=O) groups excluding carboxylic acids is 1. The number of rotatable bonds is 4. The Morgan fingerprint density at radius 1 is 1.09 bits per heavy atom. The molecule has 2 atom stereocenters. The number of fused-ring (bicyclic) bond motifs is 2. The lowest BCUT2D eigenvalue weighted by atomic mass is 9.74. The van der Waals surface area contributed by atoms with Crippen LogP contribution in [0.4, 0.5) is 13.2 Å². The monoisotopic (exact) mass is 470 g/mol. The molecule has 5 rings (SSSR count). The standard InChI is InChI=1S/C27H29F3N2O2/c28-27(29,30)21-6-3-4-19(16-21)17-31-25(33)24-9-8-22(18-34-24)32-14-12-26(13-15-32)11-10-20-5-1-2-7-23(20)26/h1-7,10-11,16,22,24H,8-9,12-15,17-18H2,(H,31,33). The topological polar surface area (TPSA) is 41.6 Å². The van der Waals surface area contributed by atoms with E-state index >= 15 is 0 Å². The summed E-state index contributed by atoms with van der Waals surface area (Å²) in [5, 5.41) is 2.73. The molecule has 0 saturated carbocycles. The lowest BCUT2D eigenvalue weighted by Crippen LogP contribution is -2.51. The molecule has 2 fully saturated rings. The summed E-state index contributed by atoms with van der Waals surface area (Å²) in [5.74, 6) is -0.263. The molecule has 0 bridgehead atoms. The number of benzene rings is 2. The molecule has 1 N–H and O–H groups in total. The van der Waals surface area contributed by atoms with Gasteiger partial charge in [0.1, 0.15) is 6.10 Å². The fourth-order valence-electron chi connectivity index (χ4n) is 5.55. The maximum Gasteiger partial charge on any atom is 0.416 e. The van der Waals surface area contributed by atoms with E-state index in [0.717, 1.165) is 44.5 Å². The van der Waals surface area contributed by atoms with E-state index in [1.165, 1.54) is 17.2 Å². The number of likely N-dealkylation sites (tertiary alicyclic amines) is 1. The first-order valence-electron chi connectivity index (χ1n) is 11.9. The van der Waals surface area contributed by atoms with Crippen LogP contribution in [0.15, 0.2) is 54.6 Å². The summed E-state index contributed by atoms with van der Waals surface area (Å²) in [6, 6.07) is 14.0. The van der Waals surface area contributed by atoms with Crippen molar-refractivity contribution in [3.63, 3.8) is 0 Å². The molecule has 1 amide bonds.